The summed E-state index contributed by atoms with van der Waals surface area (Å²) in [5.74, 6) is -1.98. The second-order valence-corrected chi connectivity index (χ2v) is 3.81. The molecule has 0 aliphatic rings. The number of ether oxygens (including phenoxy) is 1. The summed E-state index contributed by atoms with van der Waals surface area (Å²) in [5, 5.41) is 16.9. The van der Waals surface area contributed by atoms with Gasteiger partial charge in [0.1, 0.15) is 11.6 Å². The maximum Gasteiger partial charge on any atom is 0.326 e. The van der Waals surface area contributed by atoms with Gasteiger partial charge in [-0.15, -0.1) is 0 Å². The SMILES string of the molecule is CC(C)(C)OC(=O)[C@H](CC(=O)O)NO. The van der Waals surface area contributed by atoms with Crippen molar-refractivity contribution in [3.05, 3.63) is 0 Å². The molecular formula is C8H15NO5. The first-order valence-corrected chi connectivity index (χ1v) is 4.10. The van der Waals surface area contributed by atoms with Crippen LogP contribution in [0.4, 0.5) is 0 Å². The summed E-state index contributed by atoms with van der Waals surface area (Å²) < 4.78 is 4.87. The minimum atomic E-state index is -1.23. The van der Waals surface area contributed by atoms with Crippen LogP contribution in [0.3, 0.4) is 0 Å². The molecule has 6 nitrogen and oxygen atoms in total. The van der Waals surface area contributed by atoms with Crippen molar-refractivity contribution < 1.29 is 24.6 Å². The summed E-state index contributed by atoms with van der Waals surface area (Å²) in [6, 6.07) is -1.23. The number of carboxylic acid groups (broad SMARTS) is 1. The van der Waals surface area contributed by atoms with Gasteiger partial charge in [0.05, 0.1) is 6.42 Å². The van der Waals surface area contributed by atoms with Crippen LogP contribution in [0.25, 0.3) is 0 Å². The molecule has 0 saturated carbocycles. The molecule has 1 atom stereocenters. The molecular weight excluding hydrogens is 190 g/mol. The van der Waals surface area contributed by atoms with E-state index in [0.29, 0.717) is 0 Å². The molecule has 0 amide bonds. The molecule has 6 heteroatoms. The Labute approximate surface area is 81.8 Å². The molecule has 0 aliphatic carbocycles. The van der Waals surface area contributed by atoms with Crippen molar-refractivity contribution in [2.75, 3.05) is 0 Å². The lowest BCUT2D eigenvalue weighted by atomic mass is 10.1. The topological polar surface area (TPSA) is 95.9 Å². The Bertz CT molecular complexity index is 220. The third kappa shape index (κ3) is 5.50. The second-order valence-electron chi connectivity index (χ2n) is 3.81. The number of carbonyl (C=O) groups is 2. The third-order valence-electron chi connectivity index (χ3n) is 1.23. The molecule has 14 heavy (non-hydrogen) atoms. The number of carboxylic acids is 1. The molecule has 0 aromatic carbocycles. The van der Waals surface area contributed by atoms with Crippen LogP contribution in [-0.2, 0) is 14.3 Å². The molecule has 0 radical (unpaired) electrons. The minimum Gasteiger partial charge on any atom is -0.481 e. The lowest BCUT2D eigenvalue weighted by Gasteiger charge is -2.22. The second kappa shape index (κ2) is 4.92. The Hall–Kier alpha value is -1.14. The van der Waals surface area contributed by atoms with E-state index in [9.17, 15) is 9.59 Å². The zero-order chi connectivity index (χ0) is 11.4. The van der Waals surface area contributed by atoms with E-state index in [4.69, 9.17) is 15.1 Å². The van der Waals surface area contributed by atoms with E-state index in [-0.39, 0.29) is 0 Å². The molecule has 3 N–H and O–H groups in total. The van der Waals surface area contributed by atoms with E-state index in [1.807, 2.05) is 0 Å². The van der Waals surface area contributed by atoms with Crippen LogP contribution in [0.5, 0.6) is 0 Å². The van der Waals surface area contributed by atoms with Gasteiger partial charge in [-0.1, -0.05) is 0 Å². The average molecular weight is 205 g/mol. The lowest BCUT2D eigenvalue weighted by molar-refractivity contribution is -0.163. The van der Waals surface area contributed by atoms with Gasteiger partial charge in [-0.3, -0.25) is 9.59 Å². The van der Waals surface area contributed by atoms with Gasteiger partial charge in [0.25, 0.3) is 0 Å². The van der Waals surface area contributed by atoms with Crippen molar-refractivity contribution in [1.82, 2.24) is 5.48 Å². The summed E-state index contributed by atoms with van der Waals surface area (Å²) in [4.78, 5) is 21.5. The van der Waals surface area contributed by atoms with Gasteiger partial charge in [-0.25, -0.2) is 0 Å². The van der Waals surface area contributed by atoms with E-state index in [1.54, 1.807) is 26.3 Å². The Balaban J connectivity index is 4.25. The van der Waals surface area contributed by atoms with Crippen LogP contribution in [0.1, 0.15) is 27.2 Å². The Kier molecular flexibility index (Phi) is 4.52. The molecule has 0 aromatic heterocycles. The van der Waals surface area contributed by atoms with Gasteiger partial charge in [-0.05, 0) is 20.8 Å². The van der Waals surface area contributed by atoms with Crippen LogP contribution in [0, 0.1) is 0 Å². The number of nitrogens with one attached hydrogen (secondary N) is 1. The number of aliphatic carboxylic acids is 1. The summed E-state index contributed by atoms with van der Waals surface area (Å²) in [6.07, 6.45) is -0.522. The number of hydrogen-bond acceptors (Lipinski definition) is 5. The molecule has 0 unspecified atom stereocenters. The van der Waals surface area contributed by atoms with Gasteiger partial charge in [-0.2, -0.15) is 5.48 Å². The normalized spacial score (nSPS) is 13.4. The quantitative estimate of drug-likeness (QED) is 0.446. The van der Waals surface area contributed by atoms with Gasteiger partial charge >= 0.3 is 11.9 Å². The molecule has 0 spiro atoms. The highest BCUT2D eigenvalue weighted by atomic mass is 16.6. The van der Waals surface area contributed by atoms with Gasteiger partial charge in [0.15, 0.2) is 0 Å². The van der Waals surface area contributed by atoms with E-state index in [2.05, 4.69) is 0 Å². The molecule has 0 heterocycles. The zero-order valence-electron chi connectivity index (χ0n) is 8.40. The maximum atomic E-state index is 11.2. The summed E-state index contributed by atoms with van der Waals surface area (Å²) in [5.41, 5.74) is 0.897. The van der Waals surface area contributed by atoms with Crippen molar-refractivity contribution in [2.45, 2.75) is 38.8 Å². The number of rotatable bonds is 4. The predicted octanol–water partition coefficient (Wildman–Crippen LogP) is 0.150. The largest absolute Gasteiger partial charge is 0.481 e. The predicted molar refractivity (Wildman–Crippen MR) is 46.8 cm³/mol. The Morgan fingerprint density at radius 3 is 2.21 bits per heavy atom. The van der Waals surface area contributed by atoms with Crippen LogP contribution in [0.2, 0.25) is 0 Å². The fourth-order valence-corrected chi connectivity index (χ4v) is 0.729. The van der Waals surface area contributed by atoms with Crippen molar-refractivity contribution in [3.63, 3.8) is 0 Å². The number of esters is 1. The standard InChI is InChI=1S/C8H15NO5/c1-8(2,3)14-7(12)5(9-13)4-6(10)11/h5,9,13H,4H2,1-3H3,(H,10,11)/t5-/m0/s1. The number of carbonyl (C=O) groups excluding carboxylic acids is 1. The fraction of sp³-hybridized carbons (Fsp3) is 0.750. The van der Waals surface area contributed by atoms with Crippen LogP contribution >= 0.6 is 0 Å². The fourth-order valence-electron chi connectivity index (χ4n) is 0.729. The van der Waals surface area contributed by atoms with Crippen molar-refractivity contribution >= 4 is 11.9 Å². The lowest BCUT2D eigenvalue weighted by Crippen LogP contribution is -2.41. The smallest absolute Gasteiger partial charge is 0.326 e. The summed E-state index contributed by atoms with van der Waals surface area (Å²) in [6.45, 7) is 4.96. The molecule has 82 valence electrons. The number of hydrogen-bond donors (Lipinski definition) is 3. The van der Waals surface area contributed by atoms with Crippen molar-refractivity contribution in [1.29, 1.82) is 0 Å². The summed E-state index contributed by atoms with van der Waals surface area (Å²) in [7, 11) is 0. The molecule has 0 aliphatic heterocycles. The van der Waals surface area contributed by atoms with Gasteiger partial charge in [0, 0.05) is 0 Å². The van der Waals surface area contributed by atoms with E-state index < -0.39 is 30.0 Å². The van der Waals surface area contributed by atoms with Gasteiger partial charge in [0.2, 0.25) is 0 Å². The van der Waals surface area contributed by atoms with Crippen LogP contribution in [0.15, 0.2) is 0 Å². The van der Waals surface area contributed by atoms with Crippen molar-refractivity contribution in [2.24, 2.45) is 0 Å². The van der Waals surface area contributed by atoms with Crippen LogP contribution < -0.4 is 5.48 Å². The van der Waals surface area contributed by atoms with Crippen LogP contribution in [-0.4, -0.2) is 33.9 Å². The first-order valence-electron chi connectivity index (χ1n) is 4.10. The first kappa shape index (κ1) is 12.9. The molecule has 0 saturated heterocycles. The zero-order valence-corrected chi connectivity index (χ0v) is 8.40. The highest BCUT2D eigenvalue weighted by molar-refractivity contribution is 5.82. The average Bonchev–Trinajstić information content (AvgIpc) is 1.96. The maximum absolute atomic E-state index is 11.2. The van der Waals surface area contributed by atoms with E-state index in [0.717, 1.165) is 0 Å². The Morgan fingerprint density at radius 2 is 1.93 bits per heavy atom. The molecule has 0 rings (SSSR count). The molecule has 0 fully saturated rings. The van der Waals surface area contributed by atoms with Gasteiger partial charge < -0.3 is 15.1 Å². The highest BCUT2D eigenvalue weighted by Gasteiger charge is 2.26. The van der Waals surface area contributed by atoms with E-state index >= 15 is 0 Å². The van der Waals surface area contributed by atoms with E-state index in [1.165, 1.54) is 0 Å². The molecule has 0 bridgehead atoms. The highest BCUT2D eigenvalue weighted by Crippen LogP contribution is 2.09. The Morgan fingerprint density at radius 1 is 1.43 bits per heavy atom. The monoisotopic (exact) mass is 205 g/mol. The minimum absolute atomic E-state index is 0.522. The number of hydroxylamine groups is 1. The molecule has 0 aromatic rings. The van der Waals surface area contributed by atoms with Crippen molar-refractivity contribution in [3.8, 4) is 0 Å². The summed E-state index contributed by atoms with van der Waals surface area (Å²) >= 11 is 0. The first-order chi connectivity index (χ1) is 6.26. The third-order valence-corrected chi connectivity index (χ3v) is 1.23.